The van der Waals surface area contributed by atoms with E-state index in [0.29, 0.717) is 19.4 Å². The van der Waals surface area contributed by atoms with Gasteiger partial charge in [-0.15, -0.1) is 0 Å². The quantitative estimate of drug-likeness (QED) is 0.253. The standard InChI is InChI=1S/C25H36N2O7/c1-17(29)27-21-23-22(33-25(2,3)34-23)20(16-28)32-24(21)31-14-10-5-4-9-13-26-15-19(30)18-11-7-6-8-12-18/h6-8,11-12,16,20-24,26H,4-5,9-10,13-15H2,1-3H3,(H,27,29). The second-order valence-electron chi connectivity index (χ2n) is 9.15. The van der Waals surface area contributed by atoms with E-state index in [1.54, 1.807) is 13.8 Å². The number of rotatable bonds is 13. The summed E-state index contributed by atoms with van der Waals surface area (Å²) in [6, 6.07) is 8.68. The van der Waals surface area contributed by atoms with Crippen LogP contribution in [-0.2, 0) is 28.5 Å². The number of carbonyl (C=O) groups excluding carboxylic acids is 3. The molecule has 0 bridgehead atoms. The highest BCUT2D eigenvalue weighted by molar-refractivity contribution is 5.97. The maximum Gasteiger partial charge on any atom is 0.217 e. The molecule has 1 amide bonds. The van der Waals surface area contributed by atoms with E-state index in [2.05, 4.69) is 10.6 Å². The molecular weight excluding hydrogens is 440 g/mol. The molecule has 0 aliphatic carbocycles. The summed E-state index contributed by atoms with van der Waals surface area (Å²) < 4.78 is 23.5. The number of hydrogen-bond acceptors (Lipinski definition) is 8. The third-order valence-electron chi connectivity index (χ3n) is 5.84. The number of ketones is 1. The molecule has 9 heteroatoms. The minimum absolute atomic E-state index is 0.0890. The Morgan fingerprint density at radius 3 is 2.47 bits per heavy atom. The predicted molar refractivity (Wildman–Crippen MR) is 124 cm³/mol. The van der Waals surface area contributed by atoms with Crippen LogP contribution in [0.25, 0.3) is 0 Å². The Balaban J connectivity index is 1.35. The number of benzene rings is 1. The molecule has 0 radical (unpaired) electrons. The van der Waals surface area contributed by atoms with Crippen molar-refractivity contribution in [2.45, 2.75) is 82.9 Å². The second-order valence-corrected chi connectivity index (χ2v) is 9.15. The van der Waals surface area contributed by atoms with Crippen molar-refractivity contribution >= 4 is 18.0 Å². The Morgan fingerprint density at radius 1 is 1.06 bits per heavy atom. The minimum Gasteiger partial charge on any atom is -0.350 e. The molecule has 5 atom stereocenters. The number of nitrogens with one attached hydrogen (secondary N) is 2. The number of hydrogen-bond donors (Lipinski definition) is 2. The van der Waals surface area contributed by atoms with Crippen molar-refractivity contribution < 1.29 is 33.3 Å². The van der Waals surface area contributed by atoms with E-state index in [9.17, 15) is 14.4 Å². The van der Waals surface area contributed by atoms with E-state index in [-0.39, 0.29) is 11.7 Å². The summed E-state index contributed by atoms with van der Waals surface area (Å²) in [7, 11) is 0. The van der Waals surface area contributed by atoms with Crippen molar-refractivity contribution in [3.8, 4) is 0 Å². The van der Waals surface area contributed by atoms with Gasteiger partial charge in [0.25, 0.3) is 0 Å². The topological polar surface area (TPSA) is 112 Å². The highest BCUT2D eigenvalue weighted by Crippen LogP contribution is 2.37. The van der Waals surface area contributed by atoms with E-state index >= 15 is 0 Å². The summed E-state index contributed by atoms with van der Waals surface area (Å²) in [6.45, 7) is 6.47. The first-order valence-corrected chi connectivity index (χ1v) is 11.9. The van der Waals surface area contributed by atoms with Gasteiger partial charge in [0, 0.05) is 19.1 Å². The second kappa shape index (κ2) is 12.5. The van der Waals surface area contributed by atoms with E-state index in [1.807, 2.05) is 30.3 Å². The molecular formula is C25H36N2O7. The lowest BCUT2D eigenvalue weighted by Crippen LogP contribution is -2.63. The number of Topliss-reactive ketones (excluding diaryl/α,β-unsaturated/α-hetero) is 1. The molecule has 2 aliphatic heterocycles. The van der Waals surface area contributed by atoms with Crippen LogP contribution in [0.4, 0.5) is 0 Å². The first-order valence-electron chi connectivity index (χ1n) is 11.9. The van der Waals surface area contributed by atoms with Gasteiger partial charge in [-0.3, -0.25) is 9.59 Å². The van der Waals surface area contributed by atoms with Crippen molar-refractivity contribution in [3.05, 3.63) is 35.9 Å². The number of ether oxygens (including phenoxy) is 4. The number of carbonyl (C=O) groups is 3. The third kappa shape index (κ3) is 7.41. The molecule has 9 nitrogen and oxygen atoms in total. The molecule has 1 aromatic carbocycles. The summed E-state index contributed by atoms with van der Waals surface area (Å²) >= 11 is 0. The van der Waals surface area contributed by atoms with Gasteiger partial charge in [-0.2, -0.15) is 0 Å². The van der Waals surface area contributed by atoms with Gasteiger partial charge in [0.2, 0.25) is 5.91 Å². The molecule has 2 saturated heterocycles. The zero-order chi connectivity index (χ0) is 24.6. The van der Waals surface area contributed by atoms with Crippen LogP contribution in [0.5, 0.6) is 0 Å². The van der Waals surface area contributed by atoms with Crippen molar-refractivity contribution in [1.29, 1.82) is 0 Å². The van der Waals surface area contributed by atoms with E-state index in [4.69, 9.17) is 18.9 Å². The van der Waals surface area contributed by atoms with E-state index < -0.39 is 36.4 Å². The van der Waals surface area contributed by atoms with Crippen LogP contribution in [-0.4, -0.2) is 74.1 Å². The maximum absolute atomic E-state index is 12.1. The fourth-order valence-corrected chi connectivity index (χ4v) is 4.29. The summed E-state index contributed by atoms with van der Waals surface area (Å²) in [5.74, 6) is -1.03. The van der Waals surface area contributed by atoms with Gasteiger partial charge in [-0.05, 0) is 33.2 Å². The van der Waals surface area contributed by atoms with Gasteiger partial charge in [0.15, 0.2) is 24.1 Å². The van der Waals surface area contributed by atoms with Crippen LogP contribution in [0.1, 0.15) is 56.8 Å². The largest absolute Gasteiger partial charge is 0.350 e. The van der Waals surface area contributed by atoms with Gasteiger partial charge in [0.05, 0.1) is 6.54 Å². The van der Waals surface area contributed by atoms with Crippen molar-refractivity contribution in [3.63, 3.8) is 0 Å². The zero-order valence-electron chi connectivity index (χ0n) is 20.2. The highest BCUT2D eigenvalue weighted by atomic mass is 16.8. The molecule has 0 saturated carbocycles. The van der Waals surface area contributed by atoms with E-state index in [1.165, 1.54) is 6.92 Å². The molecule has 0 aromatic heterocycles. The molecule has 1 aromatic rings. The van der Waals surface area contributed by atoms with Crippen molar-refractivity contribution in [1.82, 2.24) is 10.6 Å². The maximum atomic E-state index is 12.1. The zero-order valence-corrected chi connectivity index (χ0v) is 20.2. The fourth-order valence-electron chi connectivity index (χ4n) is 4.29. The lowest BCUT2D eigenvalue weighted by molar-refractivity contribution is -0.236. The number of fused-ring (bicyclic) bond motifs is 1. The molecule has 3 rings (SSSR count). The average Bonchev–Trinajstić information content (AvgIpc) is 3.14. The number of unbranched alkanes of at least 4 members (excludes halogenated alkanes) is 3. The average molecular weight is 477 g/mol. The highest BCUT2D eigenvalue weighted by Gasteiger charge is 2.55. The third-order valence-corrected chi connectivity index (χ3v) is 5.84. The first kappa shape index (κ1) is 26.4. The van der Waals surface area contributed by atoms with E-state index in [0.717, 1.165) is 37.8 Å². The SMILES string of the molecule is CC(=O)NC1C(OCCCCCCNCC(=O)c2ccccc2)OC(C=O)C2OC(C)(C)OC12. The normalized spacial score (nSPS) is 27.7. The molecule has 2 fully saturated rings. The number of amides is 1. The van der Waals surface area contributed by atoms with Crippen LogP contribution in [0.2, 0.25) is 0 Å². The lowest BCUT2D eigenvalue weighted by Gasteiger charge is -2.40. The van der Waals surface area contributed by atoms with Gasteiger partial charge >= 0.3 is 0 Å². The Labute approximate surface area is 200 Å². The molecule has 188 valence electrons. The lowest BCUT2D eigenvalue weighted by atomic mass is 9.97. The van der Waals surface area contributed by atoms with Crippen molar-refractivity contribution in [2.24, 2.45) is 0 Å². The molecule has 2 heterocycles. The monoisotopic (exact) mass is 476 g/mol. The molecule has 34 heavy (non-hydrogen) atoms. The Bertz CT molecular complexity index is 817. The summed E-state index contributed by atoms with van der Waals surface area (Å²) in [4.78, 5) is 35.4. The Kier molecular flexibility index (Phi) is 9.73. The van der Waals surface area contributed by atoms with Crippen LogP contribution in [0.3, 0.4) is 0 Å². The summed E-state index contributed by atoms with van der Waals surface area (Å²) in [5.41, 5.74) is 0.718. The van der Waals surface area contributed by atoms with Gasteiger partial charge in [0.1, 0.15) is 24.4 Å². The predicted octanol–water partition coefficient (Wildman–Crippen LogP) is 1.98. The van der Waals surface area contributed by atoms with Crippen LogP contribution < -0.4 is 10.6 Å². The fraction of sp³-hybridized carbons (Fsp3) is 0.640. The van der Waals surface area contributed by atoms with Crippen molar-refractivity contribution in [2.75, 3.05) is 19.7 Å². The Morgan fingerprint density at radius 2 is 1.76 bits per heavy atom. The summed E-state index contributed by atoms with van der Waals surface area (Å²) in [6.07, 6.45) is 1.60. The van der Waals surface area contributed by atoms with Crippen LogP contribution in [0.15, 0.2) is 30.3 Å². The molecule has 2 N–H and O–H groups in total. The molecule has 2 aliphatic rings. The van der Waals surface area contributed by atoms with Crippen LogP contribution >= 0.6 is 0 Å². The first-order chi connectivity index (χ1) is 16.3. The van der Waals surface area contributed by atoms with Crippen LogP contribution in [0, 0.1) is 0 Å². The van der Waals surface area contributed by atoms with Gasteiger partial charge in [-0.1, -0.05) is 43.2 Å². The smallest absolute Gasteiger partial charge is 0.217 e. The minimum atomic E-state index is -0.884. The molecule has 5 unspecified atom stereocenters. The number of aldehydes is 1. The summed E-state index contributed by atoms with van der Waals surface area (Å²) in [5, 5.41) is 6.03. The van der Waals surface area contributed by atoms with Gasteiger partial charge < -0.3 is 34.4 Å². The molecule has 0 spiro atoms. The van der Waals surface area contributed by atoms with Gasteiger partial charge in [-0.25, -0.2) is 0 Å². The Hall–Kier alpha value is -2.17.